The van der Waals surface area contributed by atoms with E-state index in [1.54, 1.807) is 42.5 Å². The molecule has 0 saturated heterocycles. The number of carbonyl (C=O) groups is 2. The second-order valence-electron chi connectivity index (χ2n) is 9.82. The molecule has 1 N–H and O–H groups in total. The number of hydrogen-bond donors (Lipinski definition) is 1. The molecule has 220 valence electrons. The van der Waals surface area contributed by atoms with E-state index in [1.807, 2.05) is 58.0 Å². The predicted octanol–water partition coefficient (Wildman–Crippen LogP) is 5.05. The molecule has 9 heteroatoms. The fourth-order valence-corrected chi connectivity index (χ4v) is 5.88. The Labute approximate surface area is 244 Å². The summed E-state index contributed by atoms with van der Waals surface area (Å²) in [5.41, 5.74) is 1.37. The number of nitrogens with one attached hydrogen (secondary N) is 1. The Kier molecular flexibility index (Phi) is 11.8. The van der Waals surface area contributed by atoms with E-state index in [0.29, 0.717) is 30.9 Å². The first-order chi connectivity index (χ1) is 19.7. The van der Waals surface area contributed by atoms with Gasteiger partial charge in [-0.1, -0.05) is 62.4 Å². The minimum Gasteiger partial charge on any atom is -0.494 e. The molecule has 0 aliphatic carbocycles. The summed E-state index contributed by atoms with van der Waals surface area (Å²) in [5.74, 6) is -0.145. The molecular formula is C32H41N3O5S. The molecule has 0 aromatic heterocycles. The lowest BCUT2D eigenvalue weighted by molar-refractivity contribution is -0.139. The van der Waals surface area contributed by atoms with E-state index in [0.717, 1.165) is 16.3 Å². The zero-order valence-corrected chi connectivity index (χ0v) is 25.1. The third-order valence-electron chi connectivity index (χ3n) is 6.92. The number of para-hydroxylation sites is 1. The number of nitrogens with zero attached hydrogens (tertiary/aromatic N) is 2. The number of amides is 2. The fourth-order valence-electron chi connectivity index (χ4n) is 4.46. The van der Waals surface area contributed by atoms with Gasteiger partial charge < -0.3 is 15.0 Å². The summed E-state index contributed by atoms with van der Waals surface area (Å²) >= 11 is 0. The number of carbonyl (C=O) groups excluding carboxylic acids is 2. The largest absolute Gasteiger partial charge is 0.494 e. The zero-order valence-electron chi connectivity index (χ0n) is 24.3. The molecular weight excluding hydrogens is 538 g/mol. The SMILES string of the molecule is CCOc1ccc(S(=O)(=O)N(CC(=O)N(CCc2ccccc2)[C@@H](CC)C(=O)N[C@@H](C)CC)c2ccccc2)cc1. The van der Waals surface area contributed by atoms with Gasteiger partial charge in [0.25, 0.3) is 10.0 Å². The molecule has 0 bridgehead atoms. The van der Waals surface area contributed by atoms with E-state index in [2.05, 4.69) is 5.32 Å². The van der Waals surface area contributed by atoms with Crippen LogP contribution in [0.25, 0.3) is 0 Å². The summed E-state index contributed by atoms with van der Waals surface area (Å²) in [5, 5.41) is 2.99. The summed E-state index contributed by atoms with van der Waals surface area (Å²) in [6.07, 6.45) is 1.67. The van der Waals surface area contributed by atoms with Crippen molar-refractivity contribution in [1.29, 1.82) is 0 Å². The van der Waals surface area contributed by atoms with E-state index in [1.165, 1.54) is 17.0 Å². The monoisotopic (exact) mass is 579 g/mol. The first kappa shape index (κ1) is 31.7. The van der Waals surface area contributed by atoms with Crippen LogP contribution < -0.4 is 14.4 Å². The zero-order chi connectivity index (χ0) is 29.8. The molecule has 0 unspecified atom stereocenters. The highest BCUT2D eigenvalue weighted by atomic mass is 32.2. The lowest BCUT2D eigenvalue weighted by Crippen LogP contribution is -2.54. The van der Waals surface area contributed by atoms with Crippen LogP contribution in [-0.2, 0) is 26.0 Å². The van der Waals surface area contributed by atoms with Gasteiger partial charge in [0.1, 0.15) is 18.3 Å². The van der Waals surface area contributed by atoms with E-state index in [9.17, 15) is 18.0 Å². The van der Waals surface area contributed by atoms with E-state index >= 15 is 0 Å². The van der Waals surface area contributed by atoms with Gasteiger partial charge in [-0.15, -0.1) is 0 Å². The first-order valence-corrected chi connectivity index (χ1v) is 15.6. The Bertz CT molecular complexity index is 1350. The molecule has 0 aliphatic heterocycles. The summed E-state index contributed by atoms with van der Waals surface area (Å²) in [4.78, 5) is 28.9. The second-order valence-corrected chi connectivity index (χ2v) is 11.7. The molecule has 0 spiro atoms. The topological polar surface area (TPSA) is 96.0 Å². The molecule has 41 heavy (non-hydrogen) atoms. The molecule has 0 saturated carbocycles. The lowest BCUT2D eigenvalue weighted by atomic mass is 10.1. The van der Waals surface area contributed by atoms with Crippen molar-refractivity contribution in [2.24, 2.45) is 0 Å². The van der Waals surface area contributed by atoms with Gasteiger partial charge in [-0.05, 0) is 75.1 Å². The van der Waals surface area contributed by atoms with Crippen molar-refractivity contribution in [3.8, 4) is 5.75 Å². The molecule has 0 radical (unpaired) electrons. The summed E-state index contributed by atoms with van der Waals surface area (Å²) < 4.78 is 34.4. The highest BCUT2D eigenvalue weighted by molar-refractivity contribution is 7.92. The van der Waals surface area contributed by atoms with Crippen LogP contribution in [0.3, 0.4) is 0 Å². The molecule has 0 heterocycles. The molecule has 2 amide bonds. The maximum atomic E-state index is 14.0. The van der Waals surface area contributed by atoms with Crippen LogP contribution in [0.15, 0.2) is 89.8 Å². The van der Waals surface area contributed by atoms with Crippen LogP contribution in [0.5, 0.6) is 5.75 Å². The van der Waals surface area contributed by atoms with E-state index in [-0.39, 0.29) is 23.4 Å². The molecule has 3 aromatic carbocycles. The molecule has 0 aliphatic rings. The molecule has 0 fully saturated rings. The Balaban J connectivity index is 1.97. The number of hydrogen-bond acceptors (Lipinski definition) is 5. The van der Waals surface area contributed by atoms with Crippen molar-refractivity contribution in [2.75, 3.05) is 24.0 Å². The molecule has 3 aromatic rings. The van der Waals surface area contributed by atoms with Gasteiger partial charge in [-0.2, -0.15) is 0 Å². The third-order valence-corrected chi connectivity index (χ3v) is 8.71. The number of sulfonamides is 1. The molecule has 8 nitrogen and oxygen atoms in total. The average molecular weight is 580 g/mol. The first-order valence-electron chi connectivity index (χ1n) is 14.2. The van der Waals surface area contributed by atoms with Crippen LogP contribution >= 0.6 is 0 Å². The summed E-state index contributed by atoms with van der Waals surface area (Å²) in [6, 6.07) is 23.6. The lowest BCUT2D eigenvalue weighted by Gasteiger charge is -2.33. The van der Waals surface area contributed by atoms with Crippen molar-refractivity contribution in [1.82, 2.24) is 10.2 Å². The van der Waals surface area contributed by atoms with Crippen LogP contribution in [0, 0.1) is 0 Å². The van der Waals surface area contributed by atoms with Crippen molar-refractivity contribution in [3.63, 3.8) is 0 Å². The third kappa shape index (κ3) is 8.57. The standard InChI is InChI=1S/C32H41N3O5S/c1-5-25(4)33-32(37)30(6-2)34(23-22-26-14-10-8-11-15-26)31(36)24-35(27-16-12-9-13-17-27)41(38,39)29-20-18-28(19-21-29)40-7-3/h8-21,25,30H,5-7,22-24H2,1-4H3,(H,33,37)/t25-,30-/m0/s1. The maximum Gasteiger partial charge on any atom is 0.264 e. The van der Waals surface area contributed by atoms with Gasteiger partial charge in [0, 0.05) is 12.6 Å². The van der Waals surface area contributed by atoms with Gasteiger partial charge in [0.05, 0.1) is 17.2 Å². The van der Waals surface area contributed by atoms with Gasteiger partial charge in [-0.25, -0.2) is 8.42 Å². The van der Waals surface area contributed by atoms with Gasteiger partial charge >= 0.3 is 0 Å². The minimum atomic E-state index is -4.13. The quantitative estimate of drug-likeness (QED) is 0.272. The smallest absolute Gasteiger partial charge is 0.264 e. The van der Waals surface area contributed by atoms with Crippen molar-refractivity contribution >= 4 is 27.5 Å². The van der Waals surface area contributed by atoms with Crippen LogP contribution in [0.1, 0.15) is 46.1 Å². The van der Waals surface area contributed by atoms with Crippen molar-refractivity contribution < 1.29 is 22.7 Å². The minimum absolute atomic E-state index is 0.0370. The summed E-state index contributed by atoms with van der Waals surface area (Å²) in [6.45, 7) is 7.87. The fraction of sp³-hybridized carbons (Fsp3) is 0.375. The van der Waals surface area contributed by atoms with Gasteiger partial charge in [-0.3, -0.25) is 13.9 Å². The molecule has 3 rings (SSSR count). The highest BCUT2D eigenvalue weighted by Crippen LogP contribution is 2.26. The van der Waals surface area contributed by atoms with Gasteiger partial charge in [0.2, 0.25) is 11.8 Å². The number of ether oxygens (including phenoxy) is 1. The van der Waals surface area contributed by atoms with E-state index < -0.39 is 28.5 Å². The number of rotatable bonds is 15. The van der Waals surface area contributed by atoms with Crippen LogP contribution in [-0.4, -0.2) is 56.9 Å². The van der Waals surface area contributed by atoms with Crippen molar-refractivity contribution in [2.45, 2.75) is 63.9 Å². The number of anilines is 1. The maximum absolute atomic E-state index is 14.0. The van der Waals surface area contributed by atoms with Crippen molar-refractivity contribution in [3.05, 3.63) is 90.5 Å². The highest BCUT2D eigenvalue weighted by Gasteiger charge is 2.33. The van der Waals surface area contributed by atoms with Crippen LogP contribution in [0.4, 0.5) is 5.69 Å². The Morgan fingerprint density at radius 2 is 1.46 bits per heavy atom. The van der Waals surface area contributed by atoms with E-state index in [4.69, 9.17) is 4.74 Å². The van der Waals surface area contributed by atoms with Gasteiger partial charge in [0.15, 0.2) is 0 Å². The normalized spacial score (nSPS) is 12.7. The van der Waals surface area contributed by atoms with Crippen LogP contribution in [0.2, 0.25) is 0 Å². The summed E-state index contributed by atoms with van der Waals surface area (Å²) in [7, 11) is -4.13. The Morgan fingerprint density at radius 3 is 2.02 bits per heavy atom. The number of benzene rings is 3. The Morgan fingerprint density at radius 1 is 0.854 bits per heavy atom. The molecule has 2 atom stereocenters. The Hall–Kier alpha value is -3.85. The second kappa shape index (κ2) is 15.2. The predicted molar refractivity (Wildman–Crippen MR) is 162 cm³/mol. The average Bonchev–Trinajstić information content (AvgIpc) is 2.99.